The summed E-state index contributed by atoms with van der Waals surface area (Å²) in [6.07, 6.45) is 2.63. The van der Waals surface area contributed by atoms with E-state index in [0.717, 1.165) is 29.9 Å². The van der Waals surface area contributed by atoms with Gasteiger partial charge in [0, 0.05) is 30.6 Å². The van der Waals surface area contributed by atoms with E-state index in [-0.39, 0.29) is 6.04 Å². The van der Waals surface area contributed by atoms with E-state index in [1.807, 2.05) is 30.8 Å². The fourth-order valence-corrected chi connectivity index (χ4v) is 2.30. The minimum atomic E-state index is 0.0723. The molecular weight excluding hydrogens is 238 g/mol. The Hall–Kier alpha value is -1.72. The lowest BCUT2D eigenvalue weighted by Gasteiger charge is -2.17. The highest BCUT2D eigenvalue weighted by molar-refractivity contribution is 5.22. The first-order valence-electron chi connectivity index (χ1n) is 6.56. The molecule has 0 radical (unpaired) electrons. The molecule has 1 unspecified atom stereocenters. The minimum Gasteiger partial charge on any atom is -0.271 e. The van der Waals surface area contributed by atoms with Gasteiger partial charge in [-0.1, -0.05) is 0 Å². The van der Waals surface area contributed by atoms with E-state index < -0.39 is 0 Å². The lowest BCUT2D eigenvalue weighted by Crippen LogP contribution is -2.30. The molecule has 2 heterocycles. The summed E-state index contributed by atoms with van der Waals surface area (Å²) in [6.45, 7) is 6.96. The second-order valence-corrected chi connectivity index (χ2v) is 4.75. The summed E-state index contributed by atoms with van der Waals surface area (Å²) in [5, 5.41) is 4.46. The molecule has 19 heavy (non-hydrogen) atoms. The van der Waals surface area contributed by atoms with E-state index in [0.29, 0.717) is 0 Å². The van der Waals surface area contributed by atoms with E-state index in [2.05, 4.69) is 34.6 Å². The number of nitrogens with zero attached hydrogens (tertiary/aromatic N) is 3. The third kappa shape index (κ3) is 3.19. The van der Waals surface area contributed by atoms with Crippen molar-refractivity contribution in [2.75, 3.05) is 0 Å². The number of hydrogen-bond donors (Lipinski definition) is 2. The summed E-state index contributed by atoms with van der Waals surface area (Å²) in [5.74, 6) is 5.70. The first kappa shape index (κ1) is 13.7. The maximum atomic E-state index is 5.70. The molecule has 2 rings (SSSR count). The number of rotatable bonds is 5. The van der Waals surface area contributed by atoms with Crippen LogP contribution in [0.3, 0.4) is 0 Å². The minimum absolute atomic E-state index is 0.0723. The third-order valence-corrected chi connectivity index (χ3v) is 3.22. The molecule has 0 bridgehead atoms. The monoisotopic (exact) mass is 259 g/mol. The van der Waals surface area contributed by atoms with Crippen LogP contribution in [0, 0.1) is 13.8 Å². The topological polar surface area (TPSA) is 68.8 Å². The molecule has 0 amide bonds. The fourth-order valence-electron chi connectivity index (χ4n) is 2.30. The van der Waals surface area contributed by atoms with Gasteiger partial charge in [0.1, 0.15) is 0 Å². The lowest BCUT2D eigenvalue weighted by molar-refractivity contribution is 0.516. The Balaban J connectivity index is 2.23. The fraction of sp³-hybridized carbons (Fsp3) is 0.429. The zero-order valence-electron chi connectivity index (χ0n) is 11.7. The van der Waals surface area contributed by atoms with Crippen molar-refractivity contribution in [3.8, 4) is 0 Å². The average molecular weight is 259 g/mol. The average Bonchev–Trinajstić information content (AvgIpc) is 2.76. The third-order valence-electron chi connectivity index (χ3n) is 3.22. The van der Waals surface area contributed by atoms with Crippen LogP contribution in [0.2, 0.25) is 0 Å². The summed E-state index contributed by atoms with van der Waals surface area (Å²) in [7, 11) is 0. The van der Waals surface area contributed by atoms with Gasteiger partial charge in [-0.2, -0.15) is 5.10 Å². The number of hydrazine groups is 1. The Bertz CT molecular complexity index is 547. The summed E-state index contributed by atoms with van der Waals surface area (Å²) in [4.78, 5) is 4.22. The van der Waals surface area contributed by atoms with Gasteiger partial charge < -0.3 is 0 Å². The van der Waals surface area contributed by atoms with Crippen LogP contribution in [-0.2, 0) is 13.0 Å². The summed E-state index contributed by atoms with van der Waals surface area (Å²) in [6, 6.07) is 6.24. The largest absolute Gasteiger partial charge is 0.271 e. The van der Waals surface area contributed by atoms with Crippen LogP contribution in [0.4, 0.5) is 0 Å². The first-order valence-corrected chi connectivity index (χ1v) is 6.56. The van der Waals surface area contributed by atoms with Gasteiger partial charge in [0.05, 0.1) is 11.7 Å². The molecular formula is C14H21N5. The standard InChI is InChI=1S/C14H21N5/c1-4-19-13(8-11(3)18-19)9-14(17-15)12-5-6-16-10(2)7-12/h5-8,14,17H,4,9,15H2,1-3H3. The Morgan fingerprint density at radius 3 is 2.74 bits per heavy atom. The number of aromatic nitrogens is 3. The van der Waals surface area contributed by atoms with Crippen molar-refractivity contribution in [1.29, 1.82) is 0 Å². The number of aryl methyl sites for hydroxylation is 3. The maximum Gasteiger partial charge on any atom is 0.0596 e. The molecule has 0 aliphatic heterocycles. The predicted molar refractivity (Wildman–Crippen MR) is 75.4 cm³/mol. The van der Waals surface area contributed by atoms with Crippen LogP contribution in [-0.4, -0.2) is 14.8 Å². The van der Waals surface area contributed by atoms with Crippen LogP contribution in [0.15, 0.2) is 24.4 Å². The molecule has 1 atom stereocenters. The van der Waals surface area contributed by atoms with E-state index >= 15 is 0 Å². The molecule has 0 saturated carbocycles. The van der Waals surface area contributed by atoms with Crippen molar-refractivity contribution in [1.82, 2.24) is 20.2 Å². The Labute approximate surface area is 113 Å². The van der Waals surface area contributed by atoms with Crippen molar-refractivity contribution < 1.29 is 0 Å². The number of pyridine rings is 1. The van der Waals surface area contributed by atoms with Gasteiger partial charge in [-0.15, -0.1) is 0 Å². The highest BCUT2D eigenvalue weighted by Crippen LogP contribution is 2.18. The molecule has 0 spiro atoms. The Morgan fingerprint density at radius 1 is 1.32 bits per heavy atom. The van der Waals surface area contributed by atoms with Crippen molar-refractivity contribution in [2.24, 2.45) is 5.84 Å². The van der Waals surface area contributed by atoms with Crippen LogP contribution < -0.4 is 11.3 Å². The first-order chi connectivity index (χ1) is 9.13. The molecule has 2 aromatic heterocycles. The van der Waals surface area contributed by atoms with Gasteiger partial charge in [0.15, 0.2) is 0 Å². The molecule has 0 saturated heterocycles. The summed E-state index contributed by atoms with van der Waals surface area (Å²) < 4.78 is 2.02. The van der Waals surface area contributed by atoms with Gasteiger partial charge in [-0.3, -0.25) is 20.9 Å². The van der Waals surface area contributed by atoms with Gasteiger partial charge in [-0.05, 0) is 44.5 Å². The molecule has 0 aromatic carbocycles. The van der Waals surface area contributed by atoms with Crippen LogP contribution in [0.1, 0.15) is 35.6 Å². The second-order valence-electron chi connectivity index (χ2n) is 4.75. The molecule has 0 fully saturated rings. The van der Waals surface area contributed by atoms with Crippen molar-refractivity contribution >= 4 is 0 Å². The van der Waals surface area contributed by atoms with Crippen LogP contribution in [0.5, 0.6) is 0 Å². The number of nitrogens with two attached hydrogens (primary N) is 1. The van der Waals surface area contributed by atoms with Gasteiger partial charge in [0.2, 0.25) is 0 Å². The number of nitrogens with one attached hydrogen (secondary N) is 1. The van der Waals surface area contributed by atoms with Gasteiger partial charge in [0.25, 0.3) is 0 Å². The lowest BCUT2D eigenvalue weighted by atomic mass is 10.0. The predicted octanol–water partition coefficient (Wildman–Crippen LogP) is 1.66. The van der Waals surface area contributed by atoms with Crippen molar-refractivity contribution in [2.45, 2.75) is 39.8 Å². The molecule has 5 heteroatoms. The SMILES string of the molecule is CCn1nc(C)cc1CC(NN)c1ccnc(C)c1. The van der Waals surface area contributed by atoms with E-state index in [1.54, 1.807) is 0 Å². The smallest absolute Gasteiger partial charge is 0.0596 e. The zero-order valence-corrected chi connectivity index (χ0v) is 11.7. The van der Waals surface area contributed by atoms with E-state index in [4.69, 9.17) is 5.84 Å². The van der Waals surface area contributed by atoms with Crippen LogP contribution >= 0.6 is 0 Å². The van der Waals surface area contributed by atoms with E-state index in [1.165, 1.54) is 5.69 Å². The van der Waals surface area contributed by atoms with Gasteiger partial charge in [-0.25, -0.2) is 0 Å². The highest BCUT2D eigenvalue weighted by atomic mass is 15.3. The number of hydrogen-bond acceptors (Lipinski definition) is 4. The molecule has 2 aromatic rings. The molecule has 0 aliphatic rings. The highest BCUT2D eigenvalue weighted by Gasteiger charge is 2.14. The Kier molecular flexibility index (Phi) is 4.29. The molecule has 102 valence electrons. The molecule has 3 N–H and O–H groups in total. The van der Waals surface area contributed by atoms with Crippen molar-refractivity contribution in [3.63, 3.8) is 0 Å². The quantitative estimate of drug-likeness (QED) is 0.633. The van der Waals surface area contributed by atoms with Crippen molar-refractivity contribution in [3.05, 3.63) is 47.0 Å². The normalized spacial score (nSPS) is 12.6. The van der Waals surface area contributed by atoms with Gasteiger partial charge >= 0.3 is 0 Å². The summed E-state index contributed by atoms with van der Waals surface area (Å²) >= 11 is 0. The maximum absolute atomic E-state index is 5.70. The Morgan fingerprint density at radius 2 is 2.11 bits per heavy atom. The van der Waals surface area contributed by atoms with E-state index in [9.17, 15) is 0 Å². The molecule has 5 nitrogen and oxygen atoms in total. The van der Waals surface area contributed by atoms with Crippen LogP contribution in [0.25, 0.3) is 0 Å². The summed E-state index contributed by atoms with van der Waals surface area (Å²) in [5.41, 5.74) is 7.27. The molecule has 0 aliphatic carbocycles. The second kappa shape index (κ2) is 5.95. The zero-order chi connectivity index (χ0) is 13.8.